The molecule has 4 atom stereocenters. The summed E-state index contributed by atoms with van der Waals surface area (Å²) in [6.45, 7) is 15.1. The Bertz CT molecular complexity index is 2570. The average Bonchev–Trinajstić information content (AvgIpc) is 1.57. The summed E-state index contributed by atoms with van der Waals surface area (Å²) in [5.74, 6) is 0.991. The van der Waals surface area contributed by atoms with E-state index in [1.807, 2.05) is 0 Å². The molecule has 6 rings (SSSR count). The third-order valence-corrected chi connectivity index (χ3v) is 25.6. The third kappa shape index (κ3) is 29.5. The van der Waals surface area contributed by atoms with Crippen LogP contribution in [0.5, 0.6) is 0 Å². The topological polar surface area (TPSA) is 40.6 Å². The molecule has 0 radical (unpaired) electrons. The van der Waals surface area contributed by atoms with Crippen LogP contribution in [0.15, 0.2) is 60.7 Å². The SMILES string of the molecule is CCCCCCCCCCCCC(CCCCCCCCCC)CCCCCCN1C(=O)C(C2C(=O)N(CCCCCCC(CCCCCCCCCC)CCCCCCCCCCCC)c3cc(-c4ccc(/C=C/c5ccc(C)[se]5)[se]4)ccc32)c2ccc(C)cc21. The van der Waals surface area contributed by atoms with Crippen LogP contribution < -0.4 is 9.80 Å². The minimum atomic E-state index is -0.507. The molecule has 2 aliphatic rings. The van der Waals surface area contributed by atoms with Crippen LogP contribution in [0.25, 0.3) is 22.2 Å². The first-order chi connectivity index (χ1) is 45.3. The van der Waals surface area contributed by atoms with Crippen molar-refractivity contribution in [2.24, 2.45) is 11.8 Å². The predicted molar refractivity (Wildman–Crippen MR) is 408 cm³/mol. The molecule has 516 valence electrons. The number of nitrogens with zero attached hydrogens (tertiary/aromatic N) is 2. The van der Waals surface area contributed by atoms with Gasteiger partial charge in [-0.2, -0.15) is 0 Å². The van der Waals surface area contributed by atoms with E-state index < -0.39 is 11.8 Å². The molecule has 4 aromatic rings. The molecule has 2 aliphatic heterocycles. The van der Waals surface area contributed by atoms with Gasteiger partial charge in [-0.05, 0) is 5.92 Å². The van der Waals surface area contributed by atoms with Gasteiger partial charge in [0.15, 0.2) is 0 Å². The number of amides is 2. The monoisotopic (exact) mass is 1390 g/mol. The van der Waals surface area contributed by atoms with Crippen molar-refractivity contribution in [3.8, 4) is 10.0 Å². The van der Waals surface area contributed by atoms with Crippen LogP contribution in [0, 0.1) is 25.7 Å². The molecule has 6 heteroatoms. The number of carbonyl (C=O) groups is 2. The summed E-state index contributed by atoms with van der Waals surface area (Å²) < 4.78 is 5.69. The summed E-state index contributed by atoms with van der Waals surface area (Å²) in [6, 6.07) is 22.7. The number of anilines is 2. The Labute approximate surface area is 579 Å². The molecule has 0 aliphatic carbocycles. The molecule has 2 amide bonds. The summed E-state index contributed by atoms with van der Waals surface area (Å²) in [5.41, 5.74) is 6.61. The molecule has 4 nitrogen and oxygen atoms in total. The fraction of sp³-hybridized carbons (Fsp3) is 0.721. The normalized spacial score (nSPS) is 15.5. The Morgan fingerprint density at radius 3 is 1.02 bits per heavy atom. The van der Waals surface area contributed by atoms with Crippen molar-refractivity contribution in [2.75, 3.05) is 22.9 Å². The van der Waals surface area contributed by atoms with Crippen LogP contribution in [0.2, 0.25) is 0 Å². The second kappa shape index (κ2) is 48.8. The van der Waals surface area contributed by atoms with E-state index in [4.69, 9.17) is 0 Å². The average molecular weight is 1390 g/mol. The molecule has 0 fully saturated rings. The molecule has 92 heavy (non-hydrogen) atoms. The van der Waals surface area contributed by atoms with E-state index in [-0.39, 0.29) is 26.3 Å². The Kier molecular flexibility index (Phi) is 41.4. The van der Waals surface area contributed by atoms with Gasteiger partial charge >= 0.3 is 274 Å². The van der Waals surface area contributed by atoms with Crippen molar-refractivity contribution >= 4 is 64.3 Å². The van der Waals surface area contributed by atoms with Crippen LogP contribution >= 0.6 is 0 Å². The number of fused-ring (bicyclic) bond motifs is 2. The molecule has 2 aromatic carbocycles. The fourth-order valence-corrected chi connectivity index (χ4v) is 19.1. The first-order valence-corrected chi connectivity index (χ1v) is 43.4. The van der Waals surface area contributed by atoms with E-state index >= 15 is 9.59 Å². The summed E-state index contributed by atoms with van der Waals surface area (Å²) in [6.07, 6.45) is 73.1. The summed E-state index contributed by atoms with van der Waals surface area (Å²) in [4.78, 5) is 35.0. The first-order valence-electron chi connectivity index (χ1n) is 40.0. The molecule has 0 saturated carbocycles. The van der Waals surface area contributed by atoms with Crippen molar-refractivity contribution in [1.29, 1.82) is 0 Å². The Morgan fingerprint density at radius 1 is 0.348 bits per heavy atom. The maximum absolute atomic E-state index is 15.5. The molecule has 4 unspecified atom stereocenters. The quantitative estimate of drug-likeness (QED) is 0.0326. The maximum atomic E-state index is 15.5. The van der Waals surface area contributed by atoms with E-state index in [2.05, 4.69) is 124 Å². The molecule has 4 heterocycles. The second-order valence-corrected chi connectivity index (χ2v) is 34.5. The minimum absolute atomic E-state index is 0.133. The van der Waals surface area contributed by atoms with Gasteiger partial charge in [0.25, 0.3) is 0 Å². The standard InChI is InChI=1S/C86H138N2O2Se2/c1-7-11-15-19-23-27-29-33-37-45-53-73(51-43-35-31-25-21-17-13-9-3)55-47-39-41-49-67-87-80-69-71(5)57-64-78(80)83(85(87)89)84-79-65-59-75(82-66-63-77(92-82)62-61-76-60-58-72(6)91-76)70-81(79)88(86(84)90)68-50-42-40-48-56-74(52-44-36-32-26-22-18-14-10-4)54-46-38-34-30-28-24-20-16-12-8-2/h57-66,69-70,73-74,83-84H,7-56,67-68H2,1-6H3/b62-61+. The second-order valence-electron chi connectivity index (χ2n) is 29.4. The number of unbranched alkanes of at least 4 members (excludes halogenated alkanes) is 38. The molecule has 0 saturated heterocycles. The van der Waals surface area contributed by atoms with E-state index in [1.54, 1.807) is 0 Å². The first kappa shape index (κ1) is 78.1. The van der Waals surface area contributed by atoms with Gasteiger partial charge in [0.1, 0.15) is 0 Å². The van der Waals surface area contributed by atoms with Gasteiger partial charge in [0.2, 0.25) is 0 Å². The number of aryl methyl sites for hydroxylation is 2. The molecule has 0 bridgehead atoms. The van der Waals surface area contributed by atoms with Crippen molar-refractivity contribution in [1.82, 2.24) is 0 Å². The van der Waals surface area contributed by atoms with E-state index in [1.165, 1.54) is 324 Å². The van der Waals surface area contributed by atoms with Crippen molar-refractivity contribution in [3.63, 3.8) is 0 Å². The van der Waals surface area contributed by atoms with Crippen LogP contribution in [0.3, 0.4) is 0 Å². The number of carbonyl (C=O) groups excluding carboxylic acids is 2. The van der Waals surface area contributed by atoms with Gasteiger partial charge in [-0.1, -0.05) is 304 Å². The van der Waals surface area contributed by atoms with Gasteiger partial charge in [-0.25, -0.2) is 0 Å². The Hall–Kier alpha value is -2.88. The van der Waals surface area contributed by atoms with Crippen LogP contribution in [0.4, 0.5) is 11.4 Å². The van der Waals surface area contributed by atoms with E-state index in [0.717, 1.165) is 73.1 Å². The Morgan fingerprint density at radius 2 is 0.663 bits per heavy atom. The predicted octanol–water partition coefficient (Wildman–Crippen LogP) is 26.6. The van der Waals surface area contributed by atoms with E-state index in [0.29, 0.717) is 14.5 Å². The Balaban J connectivity index is 1.07. The number of benzene rings is 2. The van der Waals surface area contributed by atoms with Crippen LogP contribution in [-0.4, -0.2) is 53.9 Å². The van der Waals surface area contributed by atoms with Gasteiger partial charge in [-0.3, -0.25) is 0 Å². The van der Waals surface area contributed by atoms with Gasteiger partial charge in [0, 0.05) is 0 Å². The summed E-state index contributed by atoms with van der Waals surface area (Å²) in [7, 11) is 0. The zero-order chi connectivity index (χ0) is 65.1. The molecular formula is C86H138N2O2Se2. The van der Waals surface area contributed by atoms with Gasteiger partial charge in [0.05, 0.1) is 0 Å². The zero-order valence-electron chi connectivity index (χ0n) is 60.5. The molecular weight excluding hydrogens is 1250 g/mol. The van der Waals surface area contributed by atoms with Gasteiger partial charge < -0.3 is 0 Å². The molecule has 2 aromatic heterocycles. The zero-order valence-corrected chi connectivity index (χ0v) is 64.0. The van der Waals surface area contributed by atoms with Crippen molar-refractivity contribution in [2.45, 2.75) is 374 Å². The number of hydrogen-bond donors (Lipinski definition) is 0. The van der Waals surface area contributed by atoms with E-state index in [9.17, 15) is 0 Å². The third-order valence-electron chi connectivity index (χ3n) is 21.3. The molecule has 0 spiro atoms. The number of hydrogen-bond acceptors (Lipinski definition) is 2. The van der Waals surface area contributed by atoms with Crippen molar-refractivity contribution in [3.05, 3.63) is 90.7 Å². The summed E-state index contributed by atoms with van der Waals surface area (Å²) in [5, 5.41) is 0. The number of rotatable bonds is 58. The summed E-state index contributed by atoms with van der Waals surface area (Å²) >= 11 is 0.622. The molecule has 0 N–H and O–H groups in total. The van der Waals surface area contributed by atoms with Crippen LogP contribution in [-0.2, 0) is 9.59 Å². The van der Waals surface area contributed by atoms with Crippen molar-refractivity contribution < 1.29 is 9.59 Å². The fourth-order valence-electron chi connectivity index (χ4n) is 15.5. The van der Waals surface area contributed by atoms with Gasteiger partial charge in [-0.15, -0.1) is 0 Å². The van der Waals surface area contributed by atoms with Crippen LogP contribution in [0.1, 0.15) is 391 Å².